The second-order valence-electron chi connectivity index (χ2n) is 4.36. The Morgan fingerprint density at radius 2 is 2.31 bits per heavy atom. The number of nitrogens with zero attached hydrogens (tertiary/aromatic N) is 1. The topological polar surface area (TPSA) is 40.2 Å². The van der Waals surface area contributed by atoms with Gasteiger partial charge in [0, 0.05) is 23.7 Å². The van der Waals surface area contributed by atoms with Gasteiger partial charge in [-0.1, -0.05) is 6.07 Å². The molecule has 0 fully saturated rings. The van der Waals surface area contributed by atoms with Gasteiger partial charge < -0.3 is 15.0 Å². The first-order valence-electron chi connectivity index (χ1n) is 5.73. The molecule has 0 aliphatic carbocycles. The molecule has 0 saturated heterocycles. The zero-order valence-corrected chi connectivity index (χ0v) is 9.44. The molecule has 2 N–H and O–H groups in total. The first-order chi connectivity index (χ1) is 7.81. The van der Waals surface area contributed by atoms with Crippen molar-refractivity contribution in [1.29, 1.82) is 0 Å². The summed E-state index contributed by atoms with van der Waals surface area (Å²) in [6.45, 7) is 1.07. The Balaban J connectivity index is 2.31. The van der Waals surface area contributed by atoms with Crippen molar-refractivity contribution in [3.63, 3.8) is 0 Å². The maximum Gasteiger partial charge on any atom is 0.128 e. The molecule has 1 aliphatic rings. The van der Waals surface area contributed by atoms with Crippen molar-refractivity contribution >= 4 is 10.9 Å². The van der Waals surface area contributed by atoms with Crippen molar-refractivity contribution in [2.75, 3.05) is 7.11 Å². The Hall–Kier alpha value is -1.48. The summed E-state index contributed by atoms with van der Waals surface area (Å²) in [5.41, 5.74) is 8.62. The molecule has 1 aromatic heterocycles. The summed E-state index contributed by atoms with van der Waals surface area (Å²) in [5, 5.41) is 1.18. The lowest BCUT2D eigenvalue weighted by atomic mass is 10.1. The Morgan fingerprint density at radius 3 is 3.12 bits per heavy atom. The molecule has 0 spiro atoms. The van der Waals surface area contributed by atoms with E-state index in [2.05, 4.69) is 16.7 Å². The molecule has 1 unspecified atom stereocenters. The van der Waals surface area contributed by atoms with E-state index in [1.807, 2.05) is 12.1 Å². The number of hydrogen-bond donors (Lipinski definition) is 1. The van der Waals surface area contributed by atoms with Gasteiger partial charge in [0.1, 0.15) is 5.75 Å². The maximum atomic E-state index is 6.14. The third kappa shape index (κ3) is 1.25. The number of aromatic nitrogens is 1. The van der Waals surface area contributed by atoms with Gasteiger partial charge in [-0.2, -0.15) is 0 Å². The van der Waals surface area contributed by atoms with Crippen LogP contribution in [-0.4, -0.2) is 11.7 Å². The van der Waals surface area contributed by atoms with Crippen LogP contribution < -0.4 is 10.5 Å². The summed E-state index contributed by atoms with van der Waals surface area (Å²) in [7, 11) is 1.71. The lowest BCUT2D eigenvalue weighted by Gasteiger charge is -2.21. The second kappa shape index (κ2) is 3.52. The van der Waals surface area contributed by atoms with Crippen LogP contribution in [0, 0.1) is 0 Å². The maximum absolute atomic E-state index is 6.14. The highest BCUT2D eigenvalue weighted by Gasteiger charge is 2.20. The van der Waals surface area contributed by atoms with Crippen molar-refractivity contribution in [2.24, 2.45) is 5.73 Å². The number of fused-ring (bicyclic) bond motifs is 3. The van der Waals surface area contributed by atoms with Crippen LogP contribution in [0.5, 0.6) is 5.75 Å². The minimum absolute atomic E-state index is 0.172. The number of benzene rings is 1. The molecule has 2 aromatic rings. The van der Waals surface area contributed by atoms with E-state index in [9.17, 15) is 0 Å². The zero-order chi connectivity index (χ0) is 11.1. The van der Waals surface area contributed by atoms with Crippen molar-refractivity contribution in [2.45, 2.75) is 25.4 Å². The molecular formula is C13H16N2O. The predicted molar refractivity (Wildman–Crippen MR) is 64.7 cm³/mol. The Morgan fingerprint density at radius 1 is 1.44 bits per heavy atom. The van der Waals surface area contributed by atoms with Crippen LogP contribution in [0.3, 0.4) is 0 Å². The van der Waals surface area contributed by atoms with Gasteiger partial charge in [-0.05, 0) is 31.0 Å². The molecule has 1 aliphatic heterocycles. The van der Waals surface area contributed by atoms with Gasteiger partial charge in [-0.15, -0.1) is 0 Å². The molecule has 1 atom stereocenters. The Kier molecular flexibility index (Phi) is 2.14. The normalized spacial score (nSPS) is 19.8. The highest BCUT2D eigenvalue weighted by Crippen LogP contribution is 2.34. The summed E-state index contributed by atoms with van der Waals surface area (Å²) in [6.07, 6.45) is 2.24. The van der Waals surface area contributed by atoms with Crippen LogP contribution in [0.15, 0.2) is 24.3 Å². The number of methoxy groups -OCH3 is 1. The molecule has 2 heterocycles. The third-order valence-corrected chi connectivity index (χ3v) is 3.43. The average molecular weight is 216 g/mol. The number of ether oxygens (including phenoxy) is 1. The van der Waals surface area contributed by atoms with Gasteiger partial charge in [0.05, 0.1) is 12.6 Å². The third-order valence-electron chi connectivity index (χ3n) is 3.43. The van der Waals surface area contributed by atoms with E-state index in [1.165, 1.54) is 16.6 Å². The fraction of sp³-hybridized carbons (Fsp3) is 0.385. The van der Waals surface area contributed by atoms with Gasteiger partial charge in [0.15, 0.2) is 0 Å². The highest BCUT2D eigenvalue weighted by molar-refractivity contribution is 5.87. The van der Waals surface area contributed by atoms with Crippen LogP contribution in [0.4, 0.5) is 0 Å². The standard InChI is InChI=1S/C13H16N2O/c1-16-13-6-2-5-11-9(13)8-12-10(14)4-3-7-15(11)12/h2,5-6,8,10H,3-4,7,14H2,1H3. The van der Waals surface area contributed by atoms with Gasteiger partial charge in [0.25, 0.3) is 0 Å². The highest BCUT2D eigenvalue weighted by atomic mass is 16.5. The summed E-state index contributed by atoms with van der Waals surface area (Å²) in [6, 6.07) is 8.53. The number of aryl methyl sites for hydroxylation is 1. The fourth-order valence-electron chi connectivity index (χ4n) is 2.63. The van der Waals surface area contributed by atoms with E-state index >= 15 is 0 Å². The molecule has 3 heteroatoms. The summed E-state index contributed by atoms with van der Waals surface area (Å²) < 4.78 is 7.71. The van der Waals surface area contributed by atoms with Crippen LogP contribution >= 0.6 is 0 Å². The SMILES string of the molecule is COc1cccc2c1cc1n2CCCC1N. The van der Waals surface area contributed by atoms with Crippen LogP contribution in [-0.2, 0) is 6.54 Å². The molecule has 0 bridgehead atoms. The van der Waals surface area contributed by atoms with E-state index in [0.29, 0.717) is 0 Å². The summed E-state index contributed by atoms with van der Waals surface area (Å²) in [4.78, 5) is 0. The molecule has 3 nitrogen and oxygen atoms in total. The van der Waals surface area contributed by atoms with Crippen molar-refractivity contribution < 1.29 is 4.74 Å². The van der Waals surface area contributed by atoms with Gasteiger partial charge >= 0.3 is 0 Å². The molecule has 84 valence electrons. The van der Waals surface area contributed by atoms with E-state index in [0.717, 1.165) is 25.1 Å². The number of hydrogen-bond acceptors (Lipinski definition) is 2. The molecule has 3 rings (SSSR count). The van der Waals surface area contributed by atoms with Crippen molar-refractivity contribution in [3.05, 3.63) is 30.0 Å². The summed E-state index contributed by atoms with van der Waals surface area (Å²) in [5.74, 6) is 0.937. The van der Waals surface area contributed by atoms with Gasteiger partial charge in [-0.25, -0.2) is 0 Å². The van der Waals surface area contributed by atoms with Crippen molar-refractivity contribution in [3.8, 4) is 5.75 Å². The zero-order valence-electron chi connectivity index (χ0n) is 9.44. The first-order valence-corrected chi connectivity index (χ1v) is 5.73. The smallest absolute Gasteiger partial charge is 0.128 e. The van der Waals surface area contributed by atoms with E-state index < -0.39 is 0 Å². The van der Waals surface area contributed by atoms with E-state index in [-0.39, 0.29) is 6.04 Å². The van der Waals surface area contributed by atoms with Crippen molar-refractivity contribution in [1.82, 2.24) is 4.57 Å². The van der Waals surface area contributed by atoms with E-state index in [4.69, 9.17) is 10.5 Å². The Bertz CT molecular complexity index is 530. The monoisotopic (exact) mass is 216 g/mol. The molecule has 0 amide bonds. The molecule has 0 radical (unpaired) electrons. The van der Waals surface area contributed by atoms with Gasteiger partial charge in [0.2, 0.25) is 0 Å². The second-order valence-corrected chi connectivity index (χ2v) is 4.36. The molecular weight excluding hydrogens is 200 g/mol. The van der Waals surface area contributed by atoms with Crippen LogP contribution in [0.2, 0.25) is 0 Å². The number of nitrogens with two attached hydrogens (primary N) is 1. The molecule has 1 aromatic carbocycles. The quantitative estimate of drug-likeness (QED) is 0.795. The lowest BCUT2D eigenvalue weighted by molar-refractivity contribution is 0.420. The van der Waals surface area contributed by atoms with Crippen LogP contribution in [0.1, 0.15) is 24.6 Å². The minimum atomic E-state index is 0.172. The number of rotatable bonds is 1. The van der Waals surface area contributed by atoms with Crippen LogP contribution in [0.25, 0.3) is 10.9 Å². The van der Waals surface area contributed by atoms with Gasteiger partial charge in [-0.3, -0.25) is 0 Å². The minimum Gasteiger partial charge on any atom is -0.496 e. The predicted octanol–water partition coefficient (Wildman–Crippen LogP) is 2.44. The first kappa shape index (κ1) is 9.73. The fourth-order valence-corrected chi connectivity index (χ4v) is 2.63. The molecule has 16 heavy (non-hydrogen) atoms. The summed E-state index contributed by atoms with van der Waals surface area (Å²) >= 11 is 0. The average Bonchev–Trinajstić information content (AvgIpc) is 2.69. The molecule has 0 saturated carbocycles. The lowest BCUT2D eigenvalue weighted by Crippen LogP contribution is -2.20. The largest absolute Gasteiger partial charge is 0.496 e. The van der Waals surface area contributed by atoms with E-state index in [1.54, 1.807) is 7.11 Å². The Labute approximate surface area is 94.8 Å².